The van der Waals surface area contributed by atoms with E-state index in [0.717, 1.165) is 0 Å². The zero-order chi connectivity index (χ0) is 10.6. The first-order valence-corrected chi connectivity index (χ1v) is 4.27. The topological polar surface area (TPSA) is 117 Å². The molecule has 0 fully saturated rings. The Kier molecular flexibility index (Phi) is 3.41. The normalized spacial score (nSPS) is 12.4. The molecule has 1 amide bonds. The highest BCUT2D eigenvalue weighted by Gasteiger charge is 2.14. The number of nitrogens with one attached hydrogen (secondary N) is 2. The summed E-state index contributed by atoms with van der Waals surface area (Å²) >= 11 is 0. The van der Waals surface area contributed by atoms with Crippen molar-refractivity contribution in [2.24, 2.45) is 0 Å². The van der Waals surface area contributed by atoms with Crippen LogP contribution < -0.4 is 11.1 Å². The number of hydrogen-bond acceptors (Lipinski definition) is 5. The van der Waals surface area contributed by atoms with Gasteiger partial charge in [-0.3, -0.25) is 9.89 Å². The van der Waals surface area contributed by atoms with E-state index in [1.165, 1.54) is 0 Å². The summed E-state index contributed by atoms with van der Waals surface area (Å²) in [6.45, 7) is 1.75. The number of anilines is 1. The summed E-state index contributed by atoms with van der Waals surface area (Å²) in [5.41, 5.74) is 5.23. The second-order valence-electron chi connectivity index (χ2n) is 2.80. The molecule has 0 aromatic carbocycles. The Morgan fingerprint density at radius 2 is 2.50 bits per heavy atom. The molecule has 5 N–H and O–H groups in total. The number of nitrogen functional groups attached to an aromatic ring is 1. The molecule has 78 valence electrons. The lowest BCUT2D eigenvalue weighted by Gasteiger charge is -2.11. The van der Waals surface area contributed by atoms with E-state index in [2.05, 4.69) is 20.5 Å². The van der Waals surface area contributed by atoms with Crippen LogP contribution in [0.25, 0.3) is 0 Å². The van der Waals surface area contributed by atoms with Crippen molar-refractivity contribution in [1.82, 2.24) is 20.5 Å². The van der Waals surface area contributed by atoms with Gasteiger partial charge in [0.1, 0.15) is 0 Å². The number of aliphatic hydroxyl groups excluding tert-OH is 1. The van der Waals surface area contributed by atoms with E-state index in [1.54, 1.807) is 0 Å². The fourth-order valence-corrected chi connectivity index (χ4v) is 0.907. The summed E-state index contributed by atoms with van der Waals surface area (Å²) in [5.74, 6) is -0.350. The summed E-state index contributed by atoms with van der Waals surface area (Å²) < 4.78 is 0. The van der Waals surface area contributed by atoms with E-state index in [9.17, 15) is 4.79 Å². The molecule has 1 aromatic rings. The Morgan fingerprint density at radius 1 is 1.79 bits per heavy atom. The quantitative estimate of drug-likeness (QED) is 0.490. The van der Waals surface area contributed by atoms with E-state index in [-0.39, 0.29) is 24.4 Å². The van der Waals surface area contributed by atoms with E-state index >= 15 is 0 Å². The molecule has 0 aliphatic heterocycles. The van der Waals surface area contributed by atoms with E-state index in [4.69, 9.17) is 10.8 Å². The van der Waals surface area contributed by atoms with Crippen LogP contribution in [0.1, 0.15) is 24.0 Å². The van der Waals surface area contributed by atoms with Gasteiger partial charge in [0, 0.05) is 0 Å². The van der Waals surface area contributed by atoms with Crippen molar-refractivity contribution >= 4 is 11.9 Å². The molecule has 0 aliphatic rings. The van der Waals surface area contributed by atoms with Gasteiger partial charge in [-0.15, -0.1) is 5.10 Å². The van der Waals surface area contributed by atoms with Gasteiger partial charge in [-0.2, -0.15) is 4.98 Å². The van der Waals surface area contributed by atoms with Crippen molar-refractivity contribution in [3.8, 4) is 0 Å². The molecule has 0 saturated heterocycles. The molecule has 0 aliphatic carbocycles. The Labute approximate surface area is 80.7 Å². The highest BCUT2D eigenvalue weighted by atomic mass is 16.3. The molecule has 14 heavy (non-hydrogen) atoms. The molecular weight excluding hydrogens is 186 g/mol. The molecule has 0 saturated carbocycles. The number of H-pyrrole nitrogens is 1. The summed E-state index contributed by atoms with van der Waals surface area (Å²) in [4.78, 5) is 15.0. The van der Waals surface area contributed by atoms with Crippen molar-refractivity contribution in [3.63, 3.8) is 0 Å². The molecule has 1 heterocycles. The average molecular weight is 199 g/mol. The molecule has 1 rings (SSSR count). The molecule has 0 spiro atoms. The zero-order valence-electron chi connectivity index (χ0n) is 7.82. The van der Waals surface area contributed by atoms with Gasteiger partial charge in [-0.1, -0.05) is 6.92 Å². The Balaban J connectivity index is 2.58. The van der Waals surface area contributed by atoms with Crippen LogP contribution in [0.3, 0.4) is 0 Å². The minimum Gasteiger partial charge on any atom is -0.394 e. The minimum atomic E-state index is -0.421. The Hall–Kier alpha value is -1.63. The first-order chi connectivity index (χ1) is 6.67. The molecular formula is C7H13N5O2. The monoisotopic (exact) mass is 199 g/mol. The van der Waals surface area contributed by atoms with Gasteiger partial charge in [0.05, 0.1) is 12.6 Å². The second kappa shape index (κ2) is 4.56. The highest BCUT2D eigenvalue weighted by Crippen LogP contribution is 1.95. The summed E-state index contributed by atoms with van der Waals surface area (Å²) in [5, 5.41) is 17.3. The Morgan fingerprint density at radius 3 is 2.93 bits per heavy atom. The van der Waals surface area contributed by atoms with Crippen LogP contribution in [0, 0.1) is 0 Å². The van der Waals surface area contributed by atoms with Gasteiger partial charge >= 0.3 is 0 Å². The molecule has 7 heteroatoms. The van der Waals surface area contributed by atoms with Gasteiger partial charge < -0.3 is 16.2 Å². The SMILES string of the molecule is CCC(CO)NC(=O)c1nc(N)n[nH]1. The minimum absolute atomic E-state index is 0.0206. The van der Waals surface area contributed by atoms with Crippen LogP contribution in [0.15, 0.2) is 0 Å². The standard InChI is InChI=1S/C7H13N5O2/c1-2-4(3-13)9-6(14)5-10-7(8)12-11-5/h4,13H,2-3H2,1H3,(H,9,14)(H3,8,10,11,12). The number of aliphatic hydroxyl groups is 1. The van der Waals surface area contributed by atoms with Crippen LogP contribution in [-0.2, 0) is 0 Å². The number of amides is 1. The lowest BCUT2D eigenvalue weighted by molar-refractivity contribution is 0.0905. The second-order valence-corrected chi connectivity index (χ2v) is 2.80. The van der Waals surface area contributed by atoms with E-state index in [1.807, 2.05) is 6.92 Å². The number of aromatic nitrogens is 3. The average Bonchev–Trinajstić information content (AvgIpc) is 2.61. The van der Waals surface area contributed by atoms with Gasteiger partial charge in [-0.25, -0.2) is 0 Å². The number of hydrogen-bond donors (Lipinski definition) is 4. The number of aromatic amines is 1. The first-order valence-electron chi connectivity index (χ1n) is 4.27. The predicted molar refractivity (Wildman–Crippen MR) is 49.4 cm³/mol. The molecule has 7 nitrogen and oxygen atoms in total. The van der Waals surface area contributed by atoms with Gasteiger partial charge in [-0.05, 0) is 6.42 Å². The molecule has 0 radical (unpaired) electrons. The van der Waals surface area contributed by atoms with Gasteiger partial charge in [0.2, 0.25) is 11.8 Å². The zero-order valence-corrected chi connectivity index (χ0v) is 7.82. The summed E-state index contributed by atoms with van der Waals surface area (Å²) in [6.07, 6.45) is 0.645. The lowest BCUT2D eigenvalue weighted by Crippen LogP contribution is -2.37. The molecule has 1 atom stereocenters. The number of nitrogens with two attached hydrogens (primary N) is 1. The van der Waals surface area contributed by atoms with Gasteiger partial charge in [0.25, 0.3) is 5.91 Å². The highest BCUT2D eigenvalue weighted by molar-refractivity contribution is 5.90. The number of nitrogens with zero attached hydrogens (tertiary/aromatic N) is 2. The van der Waals surface area contributed by atoms with Crippen molar-refractivity contribution in [2.45, 2.75) is 19.4 Å². The maximum Gasteiger partial charge on any atom is 0.288 e. The Bertz CT molecular complexity index is 307. The fraction of sp³-hybridized carbons (Fsp3) is 0.571. The molecule has 1 aromatic heterocycles. The maximum absolute atomic E-state index is 11.4. The van der Waals surface area contributed by atoms with Crippen LogP contribution >= 0.6 is 0 Å². The number of carbonyl (C=O) groups excluding carboxylic acids is 1. The summed E-state index contributed by atoms with van der Waals surface area (Å²) in [6, 6.07) is -0.270. The smallest absolute Gasteiger partial charge is 0.288 e. The summed E-state index contributed by atoms with van der Waals surface area (Å²) in [7, 11) is 0. The van der Waals surface area contributed by atoms with Crippen molar-refractivity contribution in [2.75, 3.05) is 12.3 Å². The van der Waals surface area contributed by atoms with Crippen molar-refractivity contribution in [3.05, 3.63) is 5.82 Å². The maximum atomic E-state index is 11.4. The van der Waals surface area contributed by atoms with E-state index < -0.39 is 5.91 Å². The molecule has 1 unspecified atom stereocenters. The third-order valence-electron chi connectivity index (χ3n) is 1.77. The molecule has 0 bridgehead atoms. The van der Waals surface area contributed by atoms with Crippen molar-refractivity contribution in [1.29, 1.82) is 0 Å². The van der Waals surface area contributed by atoms with Crippen LogP contribution in [-0.4, -0.2) is 38.8 Å². The third kappa shape index (κ3) is 2.43. The lowest BCUT2D eigenvalue weighted by atomic mass is 10.2. The first kappa shape index (κ1) is 10.5. The van der Waals surface area contributed by atoms with Crippen LogP contribution in [0.4, 0.5) is 5.95 Å². The number of carbonyl (C=O) groups is 1. The number of rotatable bonds is 4. The van der Waals surface area contributed by atoms with E-state index in [0.29, 0.717) is 6.42 Å². The fourth-order valence-electron chi connectivity index (χ4n) is 0.907. The van der Waals surface area contributed by atoms with Crippen molar-refractivity contribution < 1.29 is 9.90 Å². The van der Waals surface area contributed by atoms with Crippen LogP contribution in [0.2, 0.25) is 0 Å². The van der Waals surface area contributed by atoms with Gasteiger partial charge in [0.15, 0.2) is 0 Å². The van der Waals surface area contributed by atoms with Crippen LogP contribution in [0.5, 0.6) is 0 Å². The predicted octanol–water partition coefficient (Wildman–Crippen LogP) is -1.11. The largest absolute Gasteiger partial charge is 0.394 e. The third-order valence-corrected chi connectivity index (χ3v) is 1.77.